The molecule has 3 fully saturated rings. The Kier molecular flexibility index (Phi) is 4.78. The van der Waals surface area contributed by atoms with Gasteiger partial charge in [0.25, 0.3) is 11.8 Å². The Bertz CT molecular complexity index is 1250. The number of fused-ring (bicyclic) bond motifs is 2. The molecule has 0 radical (unpaired) electrons. The number of ether oxygens (including phenoxy) is 1. The Balaban J connectivity index is 1.18. The second-order valence-corrected chi connectivity index (χ2v) is 9.99. The van der Waals surface area contributed by atoms with E-state index in [4.69, 9.17) is 4.74 Å². The molecular formula is C25H22F2N2O3S. The fraction of sp³-hybridized carbons (Fsp3) is 0.360. The van der Waals surface area contributed by atoms with Crippen LogP contribution in [0.15, 0.2) is 47.8 Å². The molecule has 2 amide bonds. The smallest absolute Gasteiger partial charge is 0.257 e. The summed E-state index contributed by atoms with van der Waals surface area (Å²) >= 11 is 1.64. The molecule has 3 saturated heterocycles. The standard InChI is InChI=1S/C25H22F2N2O3S/c26-18-12-17(13-19(27)14-18)20-2-4-22-29(20)24(31)25(32-22)6-8-28(9-7-25)23(30)16-1-3-21-15(11-16)5-10-33-21/h1,3,5,10-14,20,22H,2,4,6-9H2/t20-,22+/m0/s1. The van der Waals surface area contributed by atoms with E-state index in [0.29, 0.717) is 49.9 Å². The summed E-state index contributed by atoms with van der Waals surface area (Å²) in [7, 11) is 0. The van der Waals surface area contributed by atoms with E-state index < -0.39 is 29.5 Å². The third kappa shape index (κ3) is 3.35. The van der Waals surface area contributed by atoms with Gasteiger partial charge in [0.2, 0.25) is 0 Å². The number of benzene rings is 2. The second kappa shape index (κ2) is 7.60. The molecule has 3 aliphatic heterocycles. The molecule has 3 aromatic rings. The van der Waals surface area contributed by atoms with Gasteiger partial charge in [-0.25, -0.2) is 8.78 Å². The molecule has 2 aromatic carbocycles. The van der Waals surface area contributed by atoms with E-state index in [1.54, 1.807) is 21.1 Å². The Morgan fingerprint density at radius 1 is 1.03 bits per heavy atom. The normalized spacial score (nSPS) is 24.1. The maximum Gasteiger partial charge on any atom is 0.257 e. The van der Waals surface area contributed by atoms with E-state index in [9.17, 15) is 18.4 Å². The molecule has 0 bridgehead atoms. The molecule has 2 atom stereocenters. The van der Waals surface area contributed by atoms with Gasteiger partial charge >= 0.3 is 0 Å². The molecular weight excluding hydrogens is 446 g/mol. The van der Waals surface area contributed by atoms with Crippen molar-refractivity contribution < 1.29 is 23.1 Å². The molecule has 1 spiro atoms. The highest BCUT2D eigenvalue weighted by Gasteiger charge is 2.58. The Morgan fingerprint density at radius 2 is 1.79 bits per heavy atom. The summed E-state index contributed by atoms with van der Waals surface area (Å²) < 4.78 is 35.0. The summed E-state index contributed by atoms with van der Waals surface area (Å²) in [6.07, 6.45) is 1.66. The zero-order valence-corrected chi connectivity index (χ0v) is 18.6. The molecule has 0 aliphatic carbocycles. The third-order valence-electron chi connectivity index (χ3n) is 7.15. The van der Waals surface area contributed by atoms with E-state index in [2.05, 4.69) is 0 Å². The zero-order chi connectivity index (χ0) is 22.7. The van der Waals surface area contributed by atoms with Crippen molar-refractivity contribution in [2.24, 2.45) is 0 Å². The van der Waals surface area contributed by atoms with Gasteiger partial charge in [-0.2, -0.15) is 0 Å². The van der Waals surface area contributed by atoms with Gasteiger partial charge in [0.05, 0.1) is 6.04 Å². The highest BCUT2D eigenvalue weighted by molar-refractivity contribution is 7.17. The van der Waals surface area contributed by atoms with E-state index in [-0.39, 0.29) is 11.8 Å². The van der Waals surface area contributed by atoms with Crippen molar-refractivity contribution in [1.82, 2.24) is 9.80 Å². The lowest BCUT2D eigenvalue weighted by atomic mass is 9.89. The number of rotatable bonds is 2. The second-order valence-electron chi connectivity index (χ2n) is 9.04. The van der Waals surface area contributed by atoms with E-state index in [0.717, 1.165) is 16.2 Å². The molecule has 1 aromatic heterocycles. The van der Waals surface area contributed by atoms with Crippen molar-refractivity contribution in [3.05, 3.63) is 70.6 Å². The minimum absolute atomic E-state index is 0.0444. The third-order valence-corrected chi connectivity index (χ3v) is 8.04. The average molecular weight is 469 g/mol. The molecule has 8 heteroatoms. The first-order chi connectivity index (χ1) is 15.9. The maximum atomic E-state index is 13.8. The van der Waals surface area contributed by atoms with Crippen molar-refractivity contribution in [3.63, 3.8) is 0 Å². The fourth-order valence-electron chi connectivity index (χ4n) is 5.49. The molecule has 0 saturated carbocycles. The van der Waals surface area contributed by atoms with Gasteiger partial charge in [0.1, 0.15) is 17.9 Å². The van der Waals surface area contributed by atoms with Crippen LogP contribution in [0, 0.1) is 11.6 Å². The SMILES string of the molecule is O=C(c1ccc2sccc2c1)N1CCC2(CC1)O[C@@H]1CC[C@@H](c3cc(F)cc(F)c3)N1C2=O. The Hall–Kier alpha value is -2.84. The molecule has 4 heterocycles. The number of hydrogen-bond donors (Lipinski definition) is 0. The highest BCUT2D eigenvalue weighted by Crippen LogP contribution is 2.47. The molecule has 33 heavy (non-hydrogen) atoms. The van der Waals surface area contributed by atoms with Gasteiger partial charge in [-0.3, -0.25) is 9.59 Å². The summed E-state index contributed by atoms with van der Waals surface area (Å²) in [6, 6.07) is 10.7. The molecule has 170 valence electrons. The summed E-state index contributed by atoms with van der Waals surface area (Å²) in [6.45, 7) is 0.845. The number of piperidine rings is 1. The number of hydrogen-bond acceptors (Lipinski definition) is 4. The summed E-state index contributed by atoms with van der Waals surface area (Å²) in [5.41, 5.74) is 0.133. The van der Waals surface area contributed by atoms with Crippen LogP contribution in [-0.4, -0.2) is 46.5 Å². The zero-order valence-electron chi connectivity index (χ0n) is 17.8. The van der Waals surface area contributed by atoms with Crippen LogP contribution in [0.25, 0.3) is 10.1 Å². The van der Waals surface area contributed by atoms with Crippen LogP contribution in [0.3, 0.4) is 0 Å². The van der Waals surface area contributed by atoms with Crippen molar-refractivity contribution in [3.8, 4) is 0 Å². The first-order valence-electron chi connectivity index (χ1n) is 11.2. The monoisotopic (exact) mass is 468 g/mol. The number of likely N-dealkylation sites (tertiary alicyclic amines) is 1. The quantitative estimate of drug-likeness (QED) is 0.539. The van der Waals surface area contributed by atoms with Crippen LogP contribution in [0.5, 0.6) is 0 Å². The minimum Gasteiger partial charge on any atom is -0.342 e. The van der Waals surface area contributed by atoms with Gasteiger partial charge in [0, 0.05) is 42.3 Å². The largest absolute Gasteiger partial charge is 0.342 e. The van der Waals surface area contributed by atoms with Crippen LogP contribution in [0.4, 0.5) is 8.78 Å². The van der Waals surface area contributed by atoms with Crippen LogP contribution in [0.2, 0.25) is 0 Å². The summed E-state index contributed by atoms with van der Waals surface area (Å²) in [5.74, 6) is -1.48. The average Bonchev–Trinajstić information content (AvgIpc) is 3.49. The number of amides is 2. The molecule has 5 nitrogen and oxygen atoms in total. The summed E-state index contributed by atoms with van der Waals surface area (Å²) in [5, 5.41) is 3.05. The first-order valence-corrected chi connectivity index (χ1v) is 12.0. The predicted molar refractivity (Wildman–Crippen MR) is 120 cm³/mol. The van der Waals surface area contributed by atoms with E-state index in [1.807, 2.05) is 29.6 Å². The van der Waals surface area contributed by atoms with E-state index in [1.165, 1.54) is 12.1 Å². The topological polar surface area (TPSA) is 49.9 Å². The van der Waals surface area contributed by atoms with Crippen molar-refractivity contribution >= 4 is 33.2 Å². The molecule has 0 N–H and O–H groups in total. The maximum absolute atomic E-state index is 13.8. The number of halogens is 2. The lowest BCUT2D eigenvalue weighted by molar-refractivity contribution is -0.142. The summed E-state index contributed by atoms with van der Waals surface area (Å²) in [4.78, 5) is 30.0. The van der Waals surface area contributed by atoms with Gasteiger partial charge in [0.15, 0.2) is 5.60 Å². The van der Waals surface area contributed by atoms with Crippen molar-refractivity contribution in [2.45, 2.75) is 43.6 Å². The number of carbonyl (C=O) groups is 2. The lowest BCUT2D eigenvalue weighted by Gasteiger charge is -2.37. The van der Waals surface area contributed by atoms with Crippen LogP contribution >= 0.6 is 11.3 Å². The lowest BCUT2D eigenvalue weighted by Crippen LogP contribution is -2.51. The van der Waals surface area contributed by atoms with Gasteiger partial charge in [-0.15, -0.1) is 11.3 Å². The van der Waals surface area contributed by atoms with Crippen LogP contribution in [0.1, 0.15) is 47.6 Å². The predicted octanol–water partition coefficient (Wildman–Crippen LogP) is 4.87. The highest BCUT2D eigenvalue weighted by atomic mass is 32.1. The van der Waals surface area contributed by atoms with Crippen molar-refractivity contribution in [2.75, 3.05) is 13.1 Å². The number of carbonyl (C=O) groups excluding carboxylic acids is 2. The van der Waals surface area contributed by atoms with E-state index >= 15 is 0 Å². The van der Waals surface area contributed by atoms with Crippen molar-refractivity contribution in [1.29, 1.82) is 0 Å². The Morgan fingerprint density at radius 3 is 2.55 bits per heavy atom. The Labute approximate surface area is 193 Å². The van der Waals surface area contributed by atoms with Crippen LogP contribution < -0.4 is 0 Å². The van der Waals surface area contributed by atoms with Gasteiger partial charge < -0.3 is 14.5 Å². The number of nitrogens with zero attached hydrogens (tertiary/aromatic N) is 2. The van der Waals surface area contributed by atoms with Crippen LogP contribution in [-0.2, 0) is 9.53 Å². The first kappa shape index (κ1) is 20.7. The minimum atomic E-state index is -0.969. The molecule has 6 rings (SSSR count). The van der Waals surface area contributed by atoms with Gasteiger partial charge in [-0.1, -0.05) is 0 Å². The molecule has 0 unspecified atom stereocenters. The number of thiophene rings is 1. The fourth-order valence-corrected chi connectivity index (χ4v) is 6.26. The molecule has 3 aliphatic rings. The van der Waals surface area contributed by atoms with Gasteiger partial charge in [-0.05, 0) is 65.6 Å².